The predicted octanol–water partition coefficient (Wildman–Crippen LogP) is 3.04. The molecule has 0 bridgehead atoms. The zero-order valence-corrected chi connectivity index (χ0v) is 13.3. The maximum atomic E-state index is 12.5. The normalized spacial score (nSPS) is 17.0. The lowest BCUT2D eigenvalue weighted by atomic mass is 9.92. The van der Waals surface area contributed by atoms with Gasteiger partial charge in [0.2, 0.25) is 5.91 Å². The van der Waals surface area contributed by atoms with Crippen LogP contribution in [0, 0.1) is 17.8 Å². The Morgan fingerprint density at radius 3 is 2.36 bits per heavy atom. The van der Waals surface area contributed by atoms with Crippen LogP contribution in [0.1, 0.15) is 44.6 Å². The number of nitrogens with one attached hydrogen (secondary N) is 1. The molecule has 0 saturated heterocycles. The van der Waals surface area contributed by atoms with Gasteiger partial charge in [-0.05, 0) is 36.7 Å². The minimum Gasteiger partial charge on any atom is -0.481 e. The van der Waals surface area contributed by atoms with Crippen LogP contribution in [0.3, 0.4) is 0 Å². The Hall–Kier alpha value is -1.84. The zero-order valence-electron chi connectivity index (χ0n) is 13.3. The van der Waals surface area contributed by atoms with Crippen LogP contribution >= 0.6 is 0 Å². The van der Waals surface area contributed by atoms with Gasteiger partial charge in [-0.3, -0.25) is 9.59 Å². The zero-order chi connectivity index (χ0) is 16.1. The van der Waals surface area contributed by atoms with Gasteiger partial charge in [-0.25, -0.2) is 0 Å². The smallest absolute Gasteiger partial charge is 0.308 e. The van der Waals surface area contributed by atoms with E-state index in [2.05, 4.69) is 5.32 Å². The van der Waals surface area contributed by atoms with Crippen LogP contribution in [0.2, 0.25) is 0 Å². The van der Waals surface area contributed by atoms with Crippen LogP contribution in [-0.2, 0) is 9.59 Å². The molecule has 4 heteroatoms. The highest BCUT2D eigenvalue weighted by Gasteiger charge is 2.37. The van der Waals surface area contributed by atoms with Gasteiger partial charge in [-0.1, -0.05) is 44.2 Å². The van der Waals surface area contributed by atoms with E-state index in [0.717, 1.165) is 18.4 Å². The molecule has 22 heavy (non-hydrogen) atoms. The Morgan fingerprint density at radius 1 is 1.23 bits per heavy atom. The highest BCUT2D eigenvalue weighted by molar-refractivity contribution is 5.85. The van der Waals surface area contributed by atoms with Gasteiger partial charge in [0.05, 0.1) is 11.8 Å². The fourth-order valence-corrected chi connectivity index (χ4v) is 2.90. The second-order valence-corrected chi connectivity index (χ2v) is 6.64. The summed E-state index contributed by atoms with van der Waals surface area (Å²) in [5.41, 5.74) is 1.03. The van der Waals surface area contributed by atoms with Crippen LogP contribution in [0.5, 0.6) is 0 Å². The number of aliphatic carboxylic acids is 1. The first-order valence-corrected chi connectivity index (χ1v) is 8.04. The van der Waals surface area contributed by atoms with E-state index in [-0.39, 0.29) is 18.4 Å². The van der Waals surface area contributed by atoms with Crippen molar-refractivity contribution in [2.24, 2.45) is 17.8 Å². The molecule has 1 aliphatic carbocycles. The van der Waals surface area contributed by atoms with E-state index in [4.69, 9.17) is 0 Å². The number of carboxylic acids is 1. The van der Waals surface area contributed by atoms with Crippen molar-refractivity contribution in [3.05, 3.63) is 35.9 Å². The largest absolute Gasteiger partial charge is 0.481 e. The lowest BCUT2D eigenvalue weighted by Gasteiger charge is -2.20. The summed E-state index contributed by atoms with van der Waals surface area (Å²) in [6.07, 6.45) is 2.72. The fourth-order valence-electron chi connectivity index (χ4n) is 2.90. The third kappa shape index (κ3) is 4.58. The van der Waals surface area contributed by atoms with Crippen molar-refractivity contribution in [2.75, 3.05) is 6.54 Å². The van der Waals surface area contributed by atoms with Crippen LogP contribution < -0.4 is 5.32 Å². The van der Waals surface area contributed by atoms with E-state index in [9.17, 15) is 14.7 Å². The molecule has 4 nitrogen and oxygen atoms in total. The van der Waals surface area contributed by atoms with Crippen molar-refractivity contribution < 1.29 is 14.7 Å². The first-order chi connectivity index (χ1) is 10.5. The molecular formula is C18H25NO3. The molecule has 1 aromatic carbocycles. The Labute approximate surface area is 131 Å². The summed E-state index contributed by atoms with van der Waals surface area (Å²) in [5, 5.41) is 12.1. The molecule has 1 fully saturated rings. The van der Waals surface area contributed by atoms with Gasteiger partial charge in [0.25, 0.3) is 0 Å². The monoisotopic (exact) mass is 303 g/mol. The first-order valence-electron chi connectivity index (χ1n) is 8.04. The fraction of sp³-hybridized carbons (Fsp3) is 0.556. The van der Waals surface area contributed by atoms with Gasteiger partial charge in [-0.15, -0.1) is 0 Å². The van der Waals surface area contributed by atoms with Gasteiger partial charge >= 0.3 is 5.97 Å². The Bertz CT molecular complexity index is 508. The summed E-state index contributed by atoms with van der Waals surface area (Å²) in [6, 6.07) is 9.78. The van der Waals surface area contributed by atoms with E-state index >= 15 is 0 Å². The SMILES string of the molecule is CC(C)CC(CNC(=O)C(c1ccccc1)C1CC1)C(=O)O. The van der Waals surface area contributed by atoms with Gasteiger partial charge < -0.3 is 10.4 Å². The van der Waals surface area contributed by atoms with E-state index < -0.39 is 11.9 Å². The van der Waals surface area contributed by atoms with Crippen molar-refractivity contribution in [1.29, 1.82) is 0 Å². The van der Waals surface area contributed by atoms with Gasteiger partial charge in [-0.2, -0.15) is 0 Å². The number of carbonyl (C=O) groups excluding carboxylic acids is 1. The van der Waals surface area contributed by atoms with E-state index in [1.807, 2.05) is 44.2 Å². The van der Waals surface area contributed by atoms with Gasteiger partial charge in [0, 0.05) is 6.54 Å². The quantitative estimate of drug-likeness (QED) is 0.775. The molecule has 0 aliphatic heterocycles. The number of carbonyl (C=O) groups is 2. The third-order valence-electron chi connectivity index (χ3n) is 4.16. The van der Waals surface area contributed by atoms with E-state index in [0.29, 0.717) is 18.3 Å². The first kappa shape index (κ1) is 16.5. The van der Waals surface area contributed by atoms with Gasteiger partial charge in [0.15, 0.2) is 0 Å². The summed E-state index contributed by atoms with van der Waals surface area (Å²) < 4.78 is 0. The minimum atomic E-state index is -0.836. The highest BCUT2D eigenvalue weighted by atomic mass is 16.4. The van der Waals surface area contributed by atoms with Crippen molar-refractivity contribution in [2.45, 2.75) is 39.0 Å². The summed E-state index contributed by atoms with van der Waals surface area (Å²) in [4.78, 5) is 23.8. The van der Waals surface area contributed by atoms with Crippen LogP contribution in [0.15, 0.2) is 30.3 Å². The number of benzene rings is 1. The average molecular weight is 303 g/mol. The van der Waals surface area contributed by atoms with Crippen molar-refractivity contribution in [1.82, 2.24) is 5.32 Å². The number of amides is 1. The van der Waals surface area contributed by atoms with Crippen molar-refractivity contribution in [3.8, 4) is 0 Å². The molecule has 120 valence electrons. The Kier molecular flexibility index (Phi) is 5.58. The molecular weight excluding hydrogens is 278 g/mol. The van der Waals surface area contributed by atoms with E-state index in [1.54, 1.807) is 0 Å². The van der Waals surface area contributed by atoms with Crippen LogP contribution in [0.25, 0.3) is 0 Å². The lowest BCUT2D eigenvalue weighted by molar-refractivity contribution is -0.142. The summed E-state index contributed by atoms with van der Waals surface area (Å²) >= 11 is 0. The average Bonchev–Trinajstić information content (AvgIpc) is 3.29. The summed E-state index contributed by atoms with van der Waals surface area (Å²) in [6.45, 7) is 4.20. The Balaban J connectivity index is 1.98. The number of rotatable bonds is 8. The number of hydrogen-bond donors (Lipinski definition) is 2. The van der Waals surface area contributed by atoms with Crippen LogP contribution in [0.4, 0.5) is 0 Å². The molecule has 2 N–H and O–H groups in total. The standard InChI is InChI=1S/C18H25NO3/c1-12(2)10-15(18(21)22)11-19-17(20)16(14-8-9-14)13-6-4-3-5-7-13/h3-7,12,14-16H,8-11H2,1-2H3,(H,19,20)(H,21,22). The molecule has 1 amide bonds. The molecule has 1 aromatic rings. The topological polar surface area (TPSA) is 66.4 Å². The molecule has 1 aliphatic rings. The summed E-state index contributed by atoms with van der Waals surface area (Å²) in [5.74, 6) is -0.836. The Morgan fingerprint density at radius 2 is 1.86 bits per heavy atom. The molecule has 0 radical (unpaired) electrons. The molecule has 2 rings (SSSR count). The predicted molar refractivity (Wildman–Crippen MR) is 85.5 cm³/mol. The highest BCUT2D eigenvalue weighted by Crippen LogP contribution is 2.42. The summed E-state index contributed by atoms with van der Waals surface area (Å²) in [7, 11) is 0. The second-order valence-electron chi connectivity index (χ2n) is 6.64. The maximum absolute atomic E-state index is 12.5. The van der Waals surface area contributed by atoms with Crippen molar-refractivity contribution >= 4 is 11.9 Å². The molecule has 0 aromatic heterocycles. The molecule has 0 spiro atoms. The molecule has 1 saturated carbocycles. The maximum Gasteiger partial charge on any atom is 0.308 e. The third-order valence-corrected chi connectivity index (χ3v) is 4.16. The van der Waals surface area contributed by atoms with Crippen LogP contribution in [-0.4, -0.2) is 23.5 Å². The molecule has 2 atom stereocenters. The number of hydrogen-bond acceptors (Lipinski definition) is 2. The molecule has 2 unspecified atom stereocenters. The van der Waals surface area contributed by atoms with Crippen molar-refractivity contribution in [3.63, 3.8) is 0 Å². The molecule has 0 heterocycles. The number of carboxylic acid groups (broad SMARTS) is 1. The second kappa shape index (κ2) is 7.43. The van der Waals surface area contributed by atoms with Gasteiger partial charge in [0.1, 0.15) is 0 Å². The lowest BCUT2D eigenvalue weighted by Crippen LogP contribution is -2.37. The minimum absolute atomic E-state index is 0.0382. The van der Waals surface area contributed by atoms with E-state index in [1.165, 1.54) is 0 Å².